The average Bonchev–Trinajstić information content (AvgIpc) is 3.53. The highest BCUT2D eigenvalue weighted by atomic mass is 32.1. The number of benzene rings is 2. The van der Waals surface area contributed by atoms with Crippen LogP contribution in [0.15, 0.2) is 69.7 Å². The summed E-state index contributed by atoms with van der Waals surface area (Å²) in [6.45, 7) is 0. The molecule has 0 saturated carbocycles. The van der Waals surface area contributed by atoms with Crippen molar-refractivity contribution in [1.82, 2.24) is 30.7 Å². The normalized spacial score (nSPS) is 11.4. The zero-order valence-electron chi connectivity index (χ0n) is 15.8. The third-order valence-electron chi connectivity index (χ3n) is 4.49. The Bertz CT molecular complexity index is 1400. The Kier molecular flexibility index (Phi) is 4.69. The van der Waals surface area contributed by atoms with E-state index in [2.05, 4.69) is 35.8 Å². The lowest BCUT2D eigenvalue weighted by Gasteiger charge is -2.03. The molecule has 0 aliphatic carbocycles. The van der Waals surface area contributed by atoms with Crippen LogP contribution in [0.25, 0.3) is 27.2 Å². The van der Waals surface area contributed by atoms with Gasteiger partial charge in [0.05, 0.1) is 11.1 Å². The highest BCUT2D eigenvalue weighted by Gasteiger charge is 2.25. The number of hydrogen-bond acceptors (Lipinski definition) is 9. The van der Waals surface area contributed by atoms with Crippen molar-refractivity contribution in [2.45, 2.75) is 0 Å². The van der Waals surface area contributed by atoms with Crippen molar-refractivity contribution in [2.24, 2.45) is 5.10 Å². The average molecular weight is 430 g/mol. The number of carbonyl (C=O) groups excluding carboxylic acids is 1. The number of hydrazone groups is 1. The van der Waals surface area contributed by atoms with Crippen molar-refractivity contribution in [3.63, 3.8) is 0 Å². The zero-order chi connectivity index (χ0) is 21.2. The van der Waals surface area contributed by atoms with E-state index in [0.717, 1.165) is 21.2 Å². The molecule has 2 aromatic carbocycles. The molecule has 0 fully saturated rings. The van der Waals surface area contributed by atoms with E-state index in [4.69, 9.17) is 5.73 Å². The molecule has 3 N–H and O–H groups in total. The minimum absolute atomic E-state index is 0.0315. The summed E-state index contributed by atoms with van der Waals surface area (Å²) in [5, 5.41) is 23.5. The van der Waals surface area contributed by atoms with Gasteiger partial charge >= 0.3 is 0 Å². The van der Waals surface area contributed by atoms with Crippen LogP contribution in [0.5, 0.6) is 0 Å². The monoisotopic (exact) mass is 430 g/mol. The van der Waals surface area contributed by atoms with Crippen LogP contribution in [0.1, 0.15) is 16.1 Å². The van der Waals surface area contributed by atoms with Crippen molar-refractivity contribution >= 4 is 40.0 Å². The number of nitrogens with zero attached hydrogens (tertiary/aromatic N) is 6. The third-order valence-corrected chi connectivity index (χ3v) is 5.37. The number of nitrogen functional groups attached to an aromatic ring is 1. The molecule has 0 spiro atoms. The van der Waals surface area contributed by atoms with Crippen LogP contribution < -0.4 is 11.2 Å². The van der Waals surface area contributed by atoms with Gasteiger partial charge in [-0.15, -0.1) is 16.4 Å². The molecular weight excluding hydrogens is 416 g/mol. The Hall–Kier alpha value is -4.38. The lowest BCUT2D eigenvalue weighted by molar-refractivity contribution is 0.0951. The van der Waals surface area contributed by atoms with Crippen LogP contribution in [-0.4, -0.2) is 37.4 Å². The van der Waals surface area contributed by atoms with Crippen LogP contribution in [0.2, 0.25) is 0 Å². The van der Waals surface area contributed by atoms with Crippen LogP contribution in [0.3, 0.4) is 0 Å². The van der Waals surface area contributed by atoms with Gasteiger partial charge in [-0.05, 0) is 44.2 Å². The maximum absolute atomic E-state index is 12.8. The molecule has 0 atom stereocenters. The maximum Gasteiger partial charge on any atom is 0.294 e. The molecule has 0 unspecified atom stereocenters. The smallest absolute Gasteiger partial charge is 0.294 e. The number of thiophene rings is 1. The molecule has 5 aromatic rings. The fraction of sp³-hybridized carbons (Fsp3) is 0. The number of fused-ring (bicyclic) bond motifs is 1. The van der Waals surface area contributed by atoms with E-state index in [1.165, 1.54) is 16.0 Å². The molecule has 3 aromatic heterocycles. The first-order valence-corrected chi connectivity index (χ1v) is 9.99. The fourth-order valence-electron chi connectivity index (χ4n) is 3.06. The van der Waals surface area contributed by atoms with Gasteiger partial charge in [-0.3, -0.25) is 4.79 Å². The van der Waals surface area contributed by atoms with E-state index in [1.807, 2.05) is 60.0 Å². The molecule has 0 bridgehead atoms. The van der Waals surface area contributed by atoms with Gasteiger partial charge in [0.1, 0.15) is 5.69 Å². The van der Waals surface area contributed by atoms with Gasteiger partial charge in [0.25, 0.3) is 5.91 Å². The van der Waals surface area contributed by atoms with Gasteiger partial charge in [-0.1, -0.05) is 47.7 Å². The quantitative estimate of drug-likeness (QED) is 0.323. The van der Waals surface area contributed by atoms with Crippen molar-refractivity contribution in [3.05, 3.63) is 71.2 Å². The number of nitrogens with two attached hydrogens (primary N) is 1. The van der Waals surface area contributed by atoms with E-state index in [-0.39, 0.29) is 17.3 Å². The van der Waals surface area contributed by atoms with Gasteiger partial charge < -0.3 is 5.73 Å². The van der Waals surface area contributed by atoms with Crippen LogP contribution in [0.4, 0.5) is 5.82 Å². The number of amides is 1. The predicted octanol–water partition coefficient (Wildman–Crippen LogP) is 2.88. The Morgan fingerprint density at radius 3 is 2.77 bits per heavy atom. The molecule has 11 heteroatoms. The van der Waals surface area contributed by atoms with E-state index in [9.17, 15) is 4.79 Å². The summed E-state index contributed by atoms with van der Waals surface area (Å²) in [6.07, 6.45) is 1.57. The summed E-state index contributed by atoms with van der Waals surface area (Å²) in [6, 6.07) is 17.6. The first-order chi connectivity index (χ1) is 15.2. The maximum atomic E-state index is 12.8. The zero-order valence-corrected chi connectivity index (χ0v) is 16.7. The van der Waals surface area contributed by atoms with Crippen molar-refractivity contribution in [1.29, 1.82) is 0 Å². The van der Waals surface area contributed by atoms with Crippen LogP contribution in [0, 0.1) is 0 Å². The van der Waals surface area contributed by atoms with Crippen molar-refractivity contribution in [2.75, 3.05) is 5.73 Å². The molecular formula is C20H14N8O2S. The molecule has 0 radical (unpaired) electrons. The number of nitrogens with one attached hydrogen (secondary N) is 1. The van der Waals surface area contributed by atoms with E-state index >= 15 is 0 Å². The summed E-state index contributed by atoms with van der Waals surface area (Å²) in [7, 11) is 0. The Morgan fingerprint density at radius 2 is 2.00 bits per heavy atom. The number of aromatic nitrogens is 5. The van der Waals surface area contributed by atoms with Gasteiger partial charge in [-0.25, -0.2) is 10.1 Å². The Morgan fingerprint density at radius 1 is 1.13 bits per heavy atom. The minimum atomic E-state index is -0.526. The standard InChI is InChI=1S/C20H14N8O2S/c21-18-19(26-30-25-18)28-17(15-6-3-9-31-15)16(23-27-28)20(29)24-22-11-12-7-8-13-4-1-2-5-14(13)10-12/h1-11H,(H2,21,25)(H,24,29)/b22-11+. The fourth-order valence-corrected chi connectivity index (χ4v) is 3.82. The number of hydrogen-bond donors (Lipinski definition) is 2. The second kappa shape index (κ2) is 7.80. The lowest BCUT2D eigenvalue weighted by atomic mass is 10.1. The second-order valence-corrected chi connectivity index (χ2v) is 7.40. The highest BCUT2D eigenvalue weighted by Crippen LogP contribution is 2.29. The molecule has 0 aliphatic rings. The highest BCUT2D eigenvalue weighted by molar-refractivity contribution is 7.13. The van der Waals surface area contributed by atoms with E-state index in [0.29, 0.717) is 5.69 Å². The predicted molar refractivity (Wildman–Crippen MR) is 116 cm³/mol. The van der Waals surface area contributed by atoms with Gasteiger partial charge in [-0.2, -0.15) is 9.78 Å². The summed E-state index contributed by atoms with van der Waals surface area (Å²) in [4.78, 5) is 13.6. The van der Waals surface area contributed by atoms with Crippen LogP contribution >= 0.6 is 11.3 Å². The molecule has 3 heterocycles. The first-order valence-electron chi connectivity index (χ1n) is 9.11. The summed E-state index contributed by atoms with van der Waals surface area (Å²) >= 11 is 1.41. The Balaban J connectivity index is 1.43. The van der Waals surface area contributed by atoms with Gasteiger partial charge in [0.2, 0.25) is 11.6 Å². The van der Waals surface area contributed by atoms with E-state index < -0.39 is 5.91 Å². The number of carbonyl (C=O) groups is 1. The number of anilines is 1. The summed E-state index contributed by atoms with van der Waals surface area (Å²) in [5.41, 5.74) is 9.62. The molecule has 31 heavy (non-hydrogen) atoms. The molecule has 152 valence electrons. The lowest BCUT2D eigenvalue weighted by Crippen LogP contribution is -2.19. The van der Waals surface area contributed by atoms with Gasteiger partial charge in [0, 0.05) is 0 Å². The van der Waals surface area contributed by atoms with Crippen molar-refractivity contribution < 1.29 is 9.42 Å². The van der Waals surface area contributed by atoms with Crippen LogP contribution in [-0.2, 0) is 0 Å². The van der Waals surface area contributed by atoms with E-state index in [1.54, 1.807) is 6.21 Å². The second-order valence-electron chi connectivity index (χ2n) is 6.45. The SMILES string of the molecule is Nc1nonc1-n1nnc(C(=O)N/N=C/c2ccc3ccccc3c2)c1-c1cccs1. The Labute approximate surface area is 179 Å². The molecule has 1 amide bonds. The van der Waals surface area contributed by atoms with Crippen molar-refractivity contribution in [3.8, 4) is 16.4 Å². The largest absolute Gasteiger partial charge is 0.378 e. The molecule has 0 aliphatic heterocycles. The molecule has 5 rings (SSSR count). The topological polar surface area (TPSA) is 137 Å². The summed E-state index contributed by atoms with van der Waals surface area (Å²) < 4.78 is 5.97. The minimum Gasteiger partial charge on any atom is -0.378 e. The van der Waals surface area contributed by atoms with Gasteiger partial charge in [0.15, 0.2) is 5.69 Å². The number of rotatable bonds is 5. The molecule has 0 saturated heterocycles. The third kappa shape index (κ3) is 3.53. The first kappa shape index (κ1) is 18.6. The molecule has 10 nitrogen and oxygen atoms in total. The summed E-state index contributed by atoms with van der Waals surface area (Å²) in [5.74, 6) is -0.347.